The zero-order valence-corrected chi connectivity index (χ0v) is 18.2. The number of imidazole rings is 1. The van der Waals surface area contributed by atoms with Gasteiger partial charge in [-0.1, -0.05) is 44.9 Å². The first kappa shape index (κ1) is 21.9. The quantitative estimate of drug-likeness (QED) is 0.389. The fourth-order valence-corrected chi connectivity index (χ4v) is 3.71. The SMILES string of the molecule is CCCCNC(=O)NCCCCn1c(CCCC)nc2c(N)nc3ccccc3c21.[HH].[HH]. The zero-order valence-electron chi connectivity index (χ0n) is 18.2. The Bertz CT molecular complexity index is 991. The van der Waals surface area contributed by atoms with Crippen molar-refractivity contribution in [1.29, 1.82) is 0 Å². The van der Waals surface area contributed by atoms with Crippen LogP contribution in [0.1, 0.15) is 61.1 Å². The maximum Gasteiger partial charge on any atom is 0.314 e. The molecule has 0 aliphatic rings. The molecule has 0 unspecified atom stereocenters. The molecule has 0 atom stereocenters. The number of nitrogens with two attached hydrogens (primary N) is 1. The minimum Gasteiger partial charge on any atom is -0.382 e. The zero-order chi connectivity index (χ0) is 21.3. The first-order valence-electron chi connectivity index (χ1n) is 11.2. The summed E-state index contributed by atoms with van der Waals surface area (Å²) >= 11 is 0. The van der Waals surface area contributed by atoms with Crippen LogP contribution in [0.15, 0.2) is 24.3 Å². The molecule has 0 saturated carbocycles. The van der Waals surface area contributed by atoms with E-state index in [1.165, 1.54) is 0 Å². The van der Waals surface area contributed by atoms with Crippen LogP contribution in [0.2, 0.25) is 0 Å². The monoisotopic (exact) mass is 414 g/mol. The third-order valence-electron chi connectivity index (χ3n) is 5.35. The number of aromatic nitrogens is 3. The van der Waals surface area contributed by atoms with E-state index in [0.29, 0.717) is 12.4 Å². The molecule has 0 aliphatic carbocycles. The van der Waals surface area contributed by atoms with Gasteiger partial charge in [0.05, 0.1) is 11.0 Å². The molecule has 0 bridgehead atoms. The number of para-hydroxylation sites is 1. The number of benzene rings is 1. The van der Waals surface area contributed by atoms with Crippen LogP contribution in [0.4, 0.5) is 10.6 Å². The molecule has 2 aromatic heterocycles. The number of nitrogen functional groups attached to an aromatic ring is 1. The lowest BCUT2D eigenvalue weighted by molar-refractivity contribution is 0.240. The molecule has 0 fully saturated rings. The fraction of sp³-hybridized carbons (Fsp3) is 0.522. The van der Waals surface area contributed by atoms with Gasteiger partial charge in [0.15, 0.2) is 5.82 Å². The molecule has 0 spiro atoms. The second kappa shape index (κ2) is 10.8. The lowest BCUT2D eigenvalue weighted by Crippen LogP contribution is -2.36. The maximum atomic E-state index is 11.8. The molecule has 3 aromatic rings. The lowest BCUT2D eigenvalue weighted by Gasteiger charge is -2.11. The van der Waals surface area contributed by atoms with Crippen LogP contribution in [0.5, 0.6) is 0 Å². The minimum absolute atomic E-state index is 0. The van der Waals surface area contributed by atoms with Crippen molar-refractivity contribution in [2.75, 3.05) is 18.8 Å². The topological polar surface area (TPSA) is 97.9 Å². The Hall–Kier alpha value is -2.83. The van der Waals surface area contributed by atoms with Crippen molar-refractivity contribution in [2.24, 2.45) is 0 Å². The standard InChI is InChI=1S/C23H34N6O.2H2/c1-3-5-13-19-28-20-21(17-11-7-8-12-18(17)27-22(20)24)29(19)16-10-9-15-26-23(30)25-14-6-4-2;;/h7-8,11-12H,3-6,9-10,13-16H2,1-2H3,(H2,24,27)(H2,25,26,30);2*1H. The highest BCUT2D eigenvalue weighted by atomic mass is 16.2. The third-order valence-corrected chi connectivity index (χ3v) is 5.35. The van der Waals surface area contributed by atoms with E-state index in [1.807, 2.05) is 18.2 Å². The summed E-state index contributed by atoms with van der Waals surface area (Å²) in [7, 11) is 0. The van der Waals surface area contributed by atoms with E-state index in [9.17, 15) is 4.79 Å². The van der Waals surface area contributed by atoms with Crippen molar-refractivity contribution in [1.82, 2.24) is 25.2 Å². The second-order valence-corrected chi connectivity index (χ2v) is 7.74. The highest BCUT2D eigenvalue weighted by molar-refractivity contribution is 6.06. The van der Waals surface area contributed by atoms with E-state index in [0.717, 1.165) is 85.8 Å². The van der Waals surface area contributed by atoms with Crippen LogP contribution in [-0.2, 0) is 13.0 Å². The largest absolute Gasteiger partial charge is 0.382 e. The molecule has 166 valence electrons. The summed E-state index contributed by atoms with van der Waals surface area (Å²) in [6, 6.07) is 8.02. The maximum absolute atomic E-state index is 11.8. The Balaban J connectivity index is 0.00000256. The fourth-order valence-electron chi connectivity index (χ4n) is 3.71. The predicted octanol–water partition coefficient (Wildman–Crippen LogP) is 4.88. The van der Waals surface area contributed by atoms with Gasteiger partial charge in [-0.25, -0.2) is 14.8 Å². The lowest BCUT2D eigenvalue weighted by atomic mass is 10.2. The number of amides is 2. The van der Waals surface area contributed by atoms with Gasteiger partial charge < -0.3 is 20.9 Å². The van der Waals surface area contributed by atoms with Crippen LogP contribution < -0.4 is 16.4 Å². The molecule has 4 N–H and O–H groups in total. The molecule has 1 aromatic carbocycles. The molecule has 2 amide bonds. The summed E-state index contributed by atoms with van der Waals surface area (Å²) in [5.74, 6) is 1.56. The molecular formula is C23H38N6O. The Morgan fingerprint density at radius 2 is 1.77 bits per heavy atom. The van der Waals surface area contributed by atoms with Gasteiger partial charge in [0.25, 0.3) is 0 Å². The van der Waals surface area contributed by atoms with Crippen LogP contribution in [0.3, 0.4) is 0 Å². The number of hydrogen-bond donors (Lipinski definition) is 3. The van der Waals surface area contributed by atoms with Gasteiger partial charge in [0, 0.05) is 34.3 Å². The van der Waals surface area contributed by atoms with Crippen molar-refractivity contribution in [3.05, 3.63) is 30.1 Å². The molecular weight excluding hydrogens is 376 g/mol. The smallest absolute Gasteiger partial charge is 0.314 e. The number of aryl methyl sites for hydroxylation is 2. The van der Waals surface area contributed by atoms with Gasteiger partial charge in [-0.2, -0.15) is 0 Å². The van der Waals surface area contributed by atoms with Gasteiger partial charge in [0.1, 0.15) is 11.3 Å². The number of nitrogens with one attached hydrogen (secondary N) is 2. The number of rotatable bonds is 11. The number of anilines is 1. The molecule has 0 saturated heterocycles. The predicted molar refractivity (Wildman–Crippen MR) is 128 cm³/mol. The Morgan fingerprint density at radius 1 is 1.03 bits per heavy atom. The van der Waals surface area contributed by atoms with Crippen molar-refractivity contribution in [3.63, 3.8) is 0 Å². The molecule has 30 heavy (non-hydrogen) atoms. The number of unbranched alkanes of at least 4 members (excludes halogenated alkanes) is 3. The Labute approximate surface area is 181 Å². The third kappa shape index (κ3) is 5.20. The molecule has 7 nitrogen and oxygen atoms in total. The van der Waals surface area contributed by atoms with Gasteiger partial charge in [-0.15, -0.1) is 0 Å². The number of pyridine rings is 1. The summed E-state index contributed by atoms with van der Waals surface area (Å²) in [5, 5.41) is 6.91. The number of carbonyl (C=O) groups is 1. The molecule has 7 heteroatoms. The van der Waals surface area contributed by atoms with E-state index in [-0.39, 0.29) is 8.88 Å². The van der Waals surface area contributed by atoms with E-state index in [4.69, 9.17) is 10.7 Å². The molecule has 0 aliphatic heterocycles. The van der Waals surface area contributed by atoms with Crippen molar-refractivity contribution >= 4 is 33.8 Å². The van der Waals surface area contributed by atoms with Gasteiger partial charge in [-0.3, -0.25) is 0 Å². The van der Waals surface area contributed by atoms with Gasteiger partial charge >= 0.3 is 6.03 Å². The first-order chi connectivity index (χ1) is 14.7. The normalized spacial score (nSPS) is 11.3. The average molecular weight is 415 g/mol. The van der Waals surface area contributed by atoms with E-state index in [2.05, 4.69) is 40.1 Å². The van der Waals surface area contributed by atoms with E-state index in [1.54, 1.807) is 0 Å². The summed E-state index contributed by atoms with van der Waals surface area (Å²) in [5.41, 5.74) is 9.03. The number of carbonyl (C=O) groups excluding carboxylic acids is 1. The van der Waals surface area contributed by atoms with Crippen molar-refractivity contribution in [2.45, 2.75) is 65.3 Å². The Kier molecular flexibility index (Phi) is 7.88. The second-order valence-electron chi connectivity index (χ2n) is 7.74. The number of urea groups is 1. The minimum atomic E-state index is -0.0787. The van der Waals surface area contributed by atoms with Crippen LogP contribution in [-0.4, -0.2) is 33.7 Å². The van der Waals surface area contributed by atoms with E-state index < -0.39 is 0 Å². The summed E-state index contributed by atoms with van der Waals surface area (Å²) in [6.07, 6.45) is 7.09. The van der Waals surface area contributed by atoms with Crippen LogP contribution >= 0.6 is 0 Å². The van der Waals surface area contributed by atoms with Gasteiger partial charge in [-0.05, 0) is 31.7 Å². The molecule has 2 heterocycles. The van der Waals surface area contributed by atoms with Crippen LogP contribution in [0, 0.1) is 0 Å². The Morgan fingerprint density at radius 3 is 2.53 bits per heavy atom. The average Bonchev–Trinajstić information content (AvgIpc) is 3.11. The summed E-state index contributed by atoms with van der Waals surface area (Å²) in [6.45, 7) is 6.55. The van der Waals surface area contributed by atoms with Crippen molar-refractivity contribution < 1.29 is 7.65 Å². The highest BCUT2D eigenvalue weighted by Gasteiger charge is 2.16. The summed E-state index contributed by atoms with van der Waals surface area (Å²) < 4.78 is 2.31. The summed E-state index contributed by atoms with van der Waals surface area (Å²) in [4.78, 5) is 21.2. The van der Waals surface area contributed by atoms with Crippen LogP contribution in [0.25, 0.3) is 21.9 Å². The van der Waals surface area contributed by atoms with Gasteiger partial charge in [0.2, 0.25) is 0 Å². The number of hydrogen-bond acceptors (Lipinski definition) is 4. The highest BCUT2D eigenvalue weighted by Crippen LogP contribution is 2.29. The first-order valence-corrected chi connectivity index (χ1v) is 11.2. The number of nitrogens with zero attached hydrogens (tertiary/aromatic N) is 3. The molecule has 3 rings (SSSR count). The molecule has 0 radical (unpaired) electrons. The van der Waals surface area contributed by atoms with E-state index >= 15 is 0 Å². The number of fused-ring (bicyclic) bond motifs is 3. The van der Waals surface area contributed by atoms with Crippen molar-refractivity contribution in [3.8, 4) is 0 Å².